The van der Waals surface area contributed by atoms with Crippen molar-refractivity contribution in [3.8, 4) is 11.8 Å². The van der Waals surface area contributed by atoms with Crippen molar-refractivity contribution in [2.75, 3.05) is 6.26 Å². The van der Waals surface area contributed by atoms with E-state index in [-0.39, 0.29) is 0 Å². The number of hydrogen-bond acceptors (Lipinski definition) is 3. The first-order valence-corrected chi connectivity index (χ1v) is 6.24. The lowest BCUT2D eigenvalue weighted by Crippen LogP contribution is -2.11. The summed E-state index contributed by atoms with van der Waals surface area (Å²) < 4.78 is 26.2. The average Bonchev–Trinajstić information content (AvgIpc) is 2.14. The van der Waals surface area contributed by atoms with Crippen LogP contribution in [0.1, 0.15) is 12.5 Å². The molecule has 0 heterocycles. The normalized spacial score (nSPS) is 12.7. The molecule has 15 heavy (non-hydrogen) atoms. The van der Waals surface area contributed by atoms with Crippen LogP contribution in [0.5, 0.6) is 0 Å². The summed E-state index contributed by atoms with van der Waals surface area (Å²) in [6, 6.07) is 9.32. The second-order valence-corrected chi connectivity index (χ2v) is 4.68. The van der Waals surface area contributed by atoms with Crippen molar-refractivity contribution in [2.24, 2.45) is 0 Å². The Hall–Kier alpha value is -1.31. The zero-order chi connectivity index (χ0) is 11.3. The molecular weight excluding hydrogens is 212 g/mol. The van der Waals surface area contributed by atoms with Crippen LogP contribution in [-0.2, 0) is 14.3 Å². The second kappa shape index (κ2) is 4.96. The van der Waals surface area contributed by atoms with Gasteiger partial charge >= 0.3 is 0 Å². The molecule has 0 unspecified atom stereocenters. The highest BCUT2D eigenvalue weighted by Crippen LogP contribution is 1.98. The quantitative estimate of drug-likeness (QED) is 0.563. The lowest BCUT2D eigenvalue weighted by Gasteiger charge is -2.02. The molecular formula is C11H12O3S. The molecule has 0 aliphatic carbocycles. The molecule has 1 aromatic rings. The molecule has 80 valence electrons. The van der Waals surface area contributed by atoms with Gasteiger partial charge in [-0.1, -0.05) is 30.0 Å². The third-order valence-electron chi connectivity index (χ3n) is 1.51. The van der Waals surface area contributed by atoms with E-state index in [1.165, 1.54) is 0 Å². The van der Waals surface area contributed by atoms with Gasteiger partial charge in [0.15, 0.2) is 0 Å². The van der Waals surface area contributed by atoms with Gasteiger partial charge in [0.05, 0.1) is 6.26 Å². The van der Waals surface area contributed by atoms with Crippen molar-refractivity contribution in [1.29, 1.82) is 0 Å². The van der Waals surface area contributed by atoms with E-state index in [1.54, 1.807) is 6.92 Å². The number of hydrogen-bond donors (Lipinski definition) is 0. The fourth-order valence-electron chi connectivity index (χ4n) is 0.993. The molecule has 0 spiro atoms. The SMILES string of the molecule is C[C@@H](C#Cc1ccccc1)OS(C)(=O)=O. The van der Waals surface area contributed by atoms with Gasteiger partial charge in [0.2, 0.25) is 0 Å². The van der Waals surface area contributed by atoms with Crippen LogP contribution in [0.15, 0.2) is 30.3 Å². The Bertz CT molecular complexity index is 466. The van der Waals surface area contributed by atoms with Crippen LogP contribution in [0.2, 0.25) is 0 Å². The standard InChI is InChI=1S/C11H12O3S/c1-10(14-15(2,12)13)8-9-11-6-4-3-5-7-11/h3-7,10H,1-2H3/t10-/m0/s1. The summed E-state index contributed by atoms with van der Waals surface area (Å²) in [5.41, 5.74) is 0.835. The monoisotopic (exact) mass is 224 g/mol. The largest absolute Gasteiger partial charge is 0.265 e. The van der Waals surface area contributed by atoms with Crippen LogP contribution >= 0.6 is 0 Å². The number of benzene rings is 1. The Morgan fingerprint density at radius 3 is 2.40 bits per heavy atom. The smallest absolute Gasteiger partial charge is 0.254 e. The zero-order valence-corrected chi connectivity index (χ0v) is 9.41. The first kappa shape index (κ1) is 11.8. The van der Waals surface area contributed by atoms with E-state index in [9.17, 15) is 8.42 Å². The lowest BCUT2D eigenvalue weighted by molar-refractivity contribution is 0.286. The van der Waals surface area contributed by atoms with Gasteiger partial charge in [-0.2, -0.15) is 8.42 Å². The van der Waals surface area contributed by atoms with Crippen molar-refractivity contribution in [3.05, 3.63) is 35.9 Å². The van der Waals surface area contributed by atoms with Crippen molar-refractivity contribution in [1.82, 2.24) is 0 Å². The van der Waals surface area contributed by atoms with Gasteiger partial charge in [-0.05, 0) is 19.1 Å². The highest BCUT2D eigenvalue weighted by atomic mass is 32.2. The zero-order valence-electron chi connectivity index (χ0n) is 8.60. The van der Waals surface area contributed by atoms with Crippen LogP contribution in [0, 0.1) is 11.8 Å². The molecule has 0 aliphatic heterocycles. The fraction of sp³-hybridized carbons (Fsp3) is 0.273. The van der Waals surface area contributed by atoms with Gasteiger partial charge in [0, 0.05) is 5.56 Å². The molecule has 0 aromatic heterocycles. The Morgan fingerprint density at radius 2 is 1.87 bits per heavy atom. The van der Waals surface area contributed by atoms with Crippen molar-refractivity contribution in [3.63, 3.8) is 0 Å². The second-order valence-electron chi connectivity index (χ2n) is 3.08. The molecule has 0 fully saturated rings. The molecule has 0 N–H and O–H groups in total. The Labute approximate surface area is 90.2 Å². The molecule has 0 aliphatic rings. The minimum absolute atomic E-state index is 0.625. The average molecular weight is 224 g/mol. The molecule has 0 bridgehead atoms. The van der Waals surface area contributed by atoms with E-state index < -0.39 is 16.2 Å². The van der Waals surface area contributed by atoms with Gasteiger partial charge in [0.25, 0.3) is 10.1 Å². The van der Waals surface area contributed by atoms with E-state index in [0.717, 1.165) is 11.8 Å². The van der Waals surface area contributed by atoms with E-state index in [0.29, 0.717) is 0 Å². The third kappa shape index (κ3) is 5.21. The van der Waals surface area contributed by atoms with Crippen molar-refractivity contribution >= 4 is 10.1 Å². The summed E-state index contributed by atoms with van der Waals surface area (Å²) in [6.45, 7) is 1.59. The molecule has 0 saturated heterocycles. The van der Waals surface area contributed by atoms with Crippen LogP contribution < -0.4 is 0 Å². The minimum atomic E-state index is -3.43. The first-order chi connectivity index (χ1) is 6.97. The maximum atomic E-state index is 10.8. The summed E-state index contributed by atoms with van der Waals surface area (Å²) in [5.74, 6) is 5.53. The van der Waals surface area contributed by atoms with Crippen molar-refractivity contribution < 1.29 is 12.6 Å². The summed E-state index contributed by atoms with van der Waals surface area (Å²) >= 11 is 0. The van der Waals surface area contributed by atoms with Gasteiger partial charge in [-0.3, -0.25) is 4.18 Å². The molecule has 1 aromatic carbocycles. The minimum Gasteiger partial charge on any atom is -0.254 e. The highest BCUT2D eigenvalue weighted by Gasteiger charge is 2.06. The van der Waals surface area contributed by atoms with Gasteiger partial charge in [0.1, 0.15) is 6.10 Å². The molecule has 0 amide bonds. The van der Waals surface area contributed by atoms with Crippen LogP contribution in [0.4, 0.5) is 0 Å². The van der Waals surface area contributed by atoms with Gasteiger partial charge < -0.3 is 0 Å². The van der Waals surface area contributed by atoms with E-state index in [1.807, 2.05) is 30.3 Å². The van der Waals surface area contributed by atoms with E-state index >= 15 is 0 Å². The third-order valence-corrected chi connectivity index (χ3v) is 2.15. The Morgan fingerprint density at radius 1 is 1.27 bits per heavy atom. The van der Waals surface area contributed by atoms with Crippen LogP contribution in [-0.4, -0.2) is 20.8 Å². The maximum Gasteiger partial charge on any atom is 0.265 e. The Balaban J connectivity index is 2.67. The molecule has 0 saturated carbocycles. The Kier molecular flexibility index (Phi) is 3.89. The molecule has 3 nitrogen and oxygen atoms in total. The molecule has 1 rings (SSSR count). The molecule has 4 heteroatoms. The topological polar surface area (TPSA) is 43.4 Å². The molecule has 1 atom stereocenters. The van der Waals surface area contributed by atoms with Gasteiger partial charge in [-0.15, -0.1) is 0 Å². The van der Waals surface area contributed by atoms with Gasteiger partial charge in [-0.25, -0.2) is 0 Å². The van der Waals surface area contributed by atoms with E-state index in [2.05, 4.69) is 16.0 Å². The summed E-state index contributed by atoms with van der Waals surface area (Å²) in [6.07, 6.45) is 0.383. The lowest BCUT2D eigenvalue weighted by atomic mass is 10.2. The summed E-state index contributed by atoms with van der Waals surface area (Å²) in [5, 5.41) is 0. The predicted octanol–water partition coefficient (Wildman–Crippen LogP) is 1.40. The van der Waals surface area contributed by atoms with E-state index in [4.69, 9.17) is 0 Å². The predicted molar refractivity (Wildman–Crippen MR) is 58.7 cm³/mol. The summed E-state index contributed by atoms with van der Waals surface area (Å²) in [7, 11) is -3.43. The van der Waals surface area contributed by atoms with Crippen molar-refractivity contribution in [2.45, 2.75) is 13.0 Å². The van der Waals surface area contributed by atoms with Crippen LogP contribution in [0.3, 0.4) is 0 Å². The maximum absolute atomic E-state index is 10.8. The highest BCUT2D eigenvalue weighted by molar-refractivity contribution is 7.86. The number of rotatable bonds is 2. The molecule has 0 radical (unpaired) electrons. The first-order valence-electron chi connectivity index (χ1n) is 4.42. The fourth-order valence-corrected chi connectivity index (χ4v) is 1.57. The van der Waals surface area contributed by atoms with Crippen LogP contribution in [0.25, 0.3) is 0 Å². The summed E-state index contributed by atoms with van der Waals surface area (Å²) in [4.78, 5) is 0.